The van der Waals surface area contributed by atoms with Crippen LogP contribution in [-0.2, 0) is 4.74 Å². The number of nitrogens with zero attached hydrogens (tertiary/aromatic N) is 3. The highest BCUT2D eigenvalue weighted by molar-refractivity contribution is 8.25. The fourth-order valence-electron chi connectivity index (χ4n) is 3.78. The molecule has 2 aromatic heterocycles. The summed E-state index contributed by atoms with van der Waals surface area (Å²) >= 11 is 12.8. The summed E-state index contributed by atoms with van der Waals surface area (Å²) in [6.07, 6.45) is 3.41. The zero-order chi connectivity index (χ0) is 24.6. The van der Waals surface area contributed by atoms with Gasteiger partial charge in [-0.1, -0.05) is 34.0 Å². The van der Waals surface area contributed by atoms with Crippen molar-refractivity contribution in [2.24, 2.45) is 0 Å². The Labute approximate surface area is 213 Å². The average Bonchev–Trinajstić information content (AvgIpc) is 2.84. The molecule has 0 atom stereocenters. The maximum atomic E-state index is 13.0. The number of aromatic nitrogens is 2. The topological polar surface area (TPSA) is 108 Å². The Morgan fingerprint density at radius 3 is 2.71 bits per heavy atom. The molecule has 11 heteroatoms. The number of hydrogen-bond donors (Lipinski definition) is 3. The van der Waals surface area contributed by atoms with E-state index in [0.717, 1.165) is 10.9 Å². The van der Waals surface area contributed by atoms with Crippen molar-refractivity contribution in [2.45, 2.75) is 0 Å². The van der Waals surface area contributed by atoms with Crippen molar-refractivity contribution in [3.63, 3.8) is 0 Å². The SMILES string of the molecule is O=C(Nc1ccc(Cl)c(-c2ccc3cnccc3n2)c1)c1ccc(N2CCOCS2(O)O)cc1Cl. The molecule has 1 amide bonds. The smallest absolute Gasteiger partial charge is 0.257 e. The van der Waals surface area contributed by atoms with E-state index in [1.165, 1.54) is 10.4 Å². The first-order chi connectivity index (χ1) is 16.8. The Bertz CT molecular complexity index is 1440. The van der Waals surface area contributed by atoms with Gasteiger partial charge in [0.05, 0.1) is 45.7 Å². The van der Waals surface area contributed by atoms with Gasteiger partial charge in [0.25, 0.3) is 5.91 Å². The Morgan fingerprint density at radius 2 is 1.91 bits per heavy atom. The lowest BCUT2D eigenvalue weighted by atomic mass is 10.1. The van der Waals surface area contributed by atoms with Crippen molar-refractivity contribution < 1.29 is 18.6 Å². The highest BCUT2D eigenvalue weighted by Gasteiger charge is 2.28. The van der Waals surface area contributed by atoms with Crippen molar-refractivity contribution in [3.8, 4) is 11.3 Å². The van der Waals surface area contributed by atoms with Crippen LogP contribution < -0.4 is 9.62 Å². The second-order valence-electron chi connectivity index (χ2n) is 7.84. The van der Waals surface area contributed by atoms with E-state index in [-0.39, 0.29) is 16.5 Å². The van der Waals surface area contributed by atoms with E-state index in [1.807, 2.05) is 18.2 Å². The van der Waals surface area contributed by atoms with Crippen LogP contribution in [0.4, 0.5) is 11.4 Å². The van der Waals surface area contributed by atoms with Crippen molar-refractivity contribution in [2.75, 3.05) is 28.7 Å². The summed E-state index contributed by atoms with van der Waals surface area (Å²) in [6.45, 7) is 0.661. The van der Waals surface area contributed by atoms with Gasteiger partial charge in [-0.15, -0.1) is 0 Å². The number of carbonyl (C=O) groups is 1. The van der Waals surface area contributed by atoms with E-state index in [1.54, 1.807) is 42.7 Å². The largest absolute Gasteiger partial charge is 0.357 e. The number of ether oxygens (including phenoxy) is 1. The van der Waals surface area contributed by atoms with Crippen LogP contribution in [0.15, 0.2) is 67.0 Å². The minimum Gasteiger partial charge on any atom is -0.357 e. The summed E-state index contributed by atoms with van der Waals surface area (Å²) in [7, 11) is -3.09. The normalized spacial score (nSPS) is 16.2. The fourth-order valence-corrected chi connectivity index (χ4v) is 5.54. The predicted octanol–water partition coefficient (Wildman–Crippen LogP) is 6.32. The van der Waals surface area contributed by atoms with E-state index >= 15 is 0 Å². The fraction of sp³-hybridized carbons (Fsp3) is 0.125. The summed E-state index contributed by atoms with van der Waals surface area (Å²) in [5, 5.41) is 4.43. The third kappa shape index (κ3) is 4.92. The van der Waals surface area contributed by atoms with Gasteiger partial charge < -0.3 is 10.1 Å². The molecule has 180 valence electrons. The van der Waals surface area contributed by atoms with Crippen LogP contribution >= 0.6 is 34.0 Å². The van der Waals surface area contributed by atoms with Gasteiger partial charge in [0.2, 0.25) is 0 Å². The maximum absolute atomic E-state index is 13.0. The van der Waals surface area contributed by atoms with Gasteiger partial charge in [-0.2, -0.15) is 0 Å². The molecule has 35 heavy (non-hydrogen) atoms. The minimum absolute atomic E-state index is 0.172. The number of benzene rings is 2. The van der Waals surface area contributed by atoms with E-state index in [2.05, 4.69) is 15.3 Å². The monoisotopic (exact) mass is 530 g/mol. The lowest BCUT2D eigenvalue weighted by Crippen LogP contribution is -2.38. The lowest BCUT2D eigenvalue weighted by Gasteiger charge is -2.46. The summed E-state index contributed by atoms with van der Waals surface area (Å²) < 4.78 is 27.1. The number of amides is 1. The van der Waals surface area contributed by atoms with Crippen LogP contribution in [0.1, 0.15) is 10.4 Å². The number of hydrogen-bond acceptors (Lipinski definition) is 7. The molecule has 2 aromatic carbocycles. The van der Waals surface area contributed by atoms with Crippen molar-refractivity contribution in [1.29, 1.82) is 0 Å². The summed E-state index contributed by atoms with van der Waals surface area (Å²) in [4.78, 5) is 21.7. The quantitative estimate of drug-likeness (QED) is 0.283. The number of halogens is 2. The molecule has 0 aliphatic carbocycles. The summed E-state index contributed by atoms with van der Waals surface area (Å²) in [5.41, 5.74) is 3.38. The van der Waals surface area contributed by atoms with Crippen LogP contribution in [0.25, 0.3) is 22.2 Å². The highest BCUT2D eigenvalue weighted by Crippen LogP contribution is 2.48. The second-order valence-corrected chi connectivity index (χ2v) is 10.6. The first kappa shape index (κ1) is 23.8. The molecular weight excluding hydrogens is 511 g/mol. The molecule has 1 fully saturated rings. The first-order valence-corrected chi connectivity index (χ1v) is 13.0. The third-order valence-electron chi connectivity index (χ3n) is 5.51. The predicted molar refractivity (Wildman–Crippen MR) is 140 cm³/mol. The zero-order valence-electron chi connectivity index (χ0n) is 18.2. The molecule has 1 aliphatic heterocycles. The number of nitrogens with one attached hydrogen (secondary N) is 1. The molecule has 1 saturated heterocycles. The number of fused-ring (bicyclic) bond motifs is 1. The number of pyridine rings is 2. The average molecular weight is 531 g/mol. The van der Waals surface area contributed by atoms with E-state index < -0.39 is 16.7 Å². The molecule has 5 rings (SSSR count). The zero-order valence-corrected chi connectivity index (χ0v) is 20.5. The van der Waals surface area contributed by atoms with Crippen molar-refractivity contribution >= 4 is 62.2 Å². The van der Waals surface area contributed by atoms with Crippen LogP contribution in [-0.4, -0.2) is 44.1 Å². The summed E-state index contributed by atoms with van der Waals surface area (Å²) in [6, 6.07) is 15.4. The van der Waals surface area contributed by atoms with Gasteiger partial charge in [-0.3, -0.25) is 23.2 Å². The van der Waals surface area contributed by atoms with Gasteiger partial charge in [-0.05, 0) is 54.6 Å². The molecule has 1 aliphatic rings. The Balaban J connectivity index is 1.39. The molecule has 0 bridgehead atoms. The second kappa shape index (κ2) is 9.62. The van der Waals surface area contributed by atoms with Gasteiger partial charge in [0, 0.05) is 29.0 Å². The van der Waals surface area contributed by atoms with Gasteiger partial charge in [-0.25, -0.2) is 4.98 Å². The van der Waals surface area contributed by atoms with Crippen LogP contribution in [0.3, 0.4) is 0 Å². The van der Waals surface area contributed by atoms with Crippen LogP contribution in [0.5, 0.6) is 0 Å². The van der Waals surface area contributed by atoms with E-state index in [4.69, 9.17) is 27.9 Å². The summed E-state index contributed by atoms with van der Waals surface area (Å²) in [5.74, 6) is -0.588. The Kier molecular flexibility index (Phi) is 6.54. The molecule has 0 radical (unpaired) electrons. The number of rotatable bonds is 4. The standard InChI is InChI=1S/C24H20Cl2N4O4S/c25-20-5-2-16(11-19(20)23-6-1-15-13-27-8-7-22(15)29-23)28-24(31)18-4-3-17(12-21(18)26)30-9-10-34-14-35(30,32)33/h1-8,11-13,32-33H,9-10,14H2,(H,28,31). The Hall–Kier alpha value is -2.92. The van der Waals surface area contributed by atoms with E-state index in [9.17, 15) is 13.9 Å². The van der Waals surface area contributed by atoms with Crippen molar-refractivity contribution in [3.05, 3.63) is 82.6 Å². The van der Waals surface area contributed by atoms with Gasteiger partial charge in [0.15, 0.2) is 5.94 Å². The molecule has 3 N–H and O–H groups in total. The van der Waals surface area contributed by atoms with E-state index in [0.29, 0.717) is 40.8 Å². The number of anilines is 2. The maximum Gasteiger partial charge on any atom is 0.257 e. The molecular formula is C24H20Cl2N4O4S. The molecule has 0 saturated carbocycles. The lowest BCUT2D eigenvalue weighted by molar-refractivity contribution is 0.102. The Morgan fingerprint density at radius 1 is 1.06 bits per heavy atom. The highest BCUT2D eigenvalue weighted by atomic mass is 35.5. The molecule has 8 nitrogen and oxygen atoms in total. The molecule has 4 aromatic rings. The first-order valence-electron chi connectivity index (χ1n) is 10.5. The van der Waals surface area contributed by atoms with Gasteiger partial charge >= 0.3 is 0 Å². The molecule has 3 heterocycles. The molecule has 0 unspecified atom stereocenters. The van der Waals surface area contributed by atoms with Crippen LogP contribution in [0.2, 0.25) is 10.0 Å². The van der Waals surface area contributed by atoms with Gasteiger partial charge in [0.1, 0.15) is 0 Å². The number of carbonyl (C=O) groups excluding carboxylic acids is 1. The minimum atomic E-state index is -3.09. The third-order valence-corrected chi connectivity index (χ3v) is 7.73. The van der Waals surface area contributed by atoms with Crippen LogP contribution in [0, 0.1) is 0 Å². The molecule has 0 spiro atoms. The van der Waals surface area contributed by atoms with Crippen molar-refractivity contribution in [1.82, 2.24) is 9.97 Å².